The first-order valence-electron chi connectivity index (χ1n) is 4.12. The molecule has 4 heteroatoms. The van der Waals surface area contributed by atoms with E-state index in [1.54, 1.807) is 13.0 Å². The number of allylic oxidation sites excluding steroid dienone is 2. The molecular weight excluding hydrogens is 212 g/mol. The third-order valence-corrected chi connectivity index (χ3v) is 1.27. The van der Waals surface area contributed by atoms with Crippen LogP contribution in [0.15, 0.2) is 49.8 Å². The second kappa shape index (κ2) is 15.3. The predicted octanol–water partition coefficient (Wildman–Crippen LogP) is 3.22. The van der Waals surface area contributed by atoms with Crippen molar-refractivity contribution in [2.75, 3.05) is 5.75 Å². The monoisotopic (exact) mass is 232 g/mol. The summed E-state index contributed by atoms with van der Waals surface area (Å²) in [7, 11) is 0. The number of aliphatic hydroxyl groups excluding tert-OH is 1. The third-order valence-electron chi connectivity index (χ3n) is 0.753. The molecule has 3 nitrogen and oxygen atoms in total. The van der Waals surface area contributed by atoms with Crippen molar-refractivity contribution in [3.05, 3.63) is 49.8 Å². The summed E-state index contributed by atoms with van der Waals surface area (Å²) in [5.41, 5.74) is 0.620. The summed E-state index contributed by atoms with van der Waals surface area (Å²) in [4.78, 5) is 0. The van der Waals surface area contributed by atoms with Crippen molar-refractivity contribution in [2.24, 2.45) is 0 Å². The quantitative estimate of drug-likeness (QED) is 0.340. The molecule has 0 bridgehead atoms. The van der Waals surface area contributed by atoms with Crippen molar-refractivity contribution in [1.82, 2.24) is 0 Å². The van der Waals surface area contributed by atoms with Crippen LogP contribution >= 0.6 is 0 Å². The lowest BCUT2D eigenvalue weighted by molar-refractivity contribution is 0.427. The fourth-order valence-corrected chi connectivity index (χ4v) is 0.302. The summed E-state index contributed by atoms with van der Waals surface area (Å²) in [6.07, 6.45) is 3.15. The molecular formula is C11H20O3S. The van der Waals surface area contributed by atoms with Crippen LogP contribution < -0.4 is 0 Å². The van der Waals surface area contributed by atoms with Crippen LogP contribution in [0.4, 0.5) is 0 Å². The van der Waals surface area contributed by atoms with E-state index in [0.717, 1.165) is 0 Å². The van der Waals surface area contributed by atoms with E-state index in [2.05, 4.69) is 26.3 Å². The van der Waals surface area contributed by atoms with E-state index in [-0.39, 0.29) is 11.5 Å². The Morgan fingerprint density at radius 2 is 1.67 bits per heavy atom. The van der Waals surface area contributed by atoms with Gasteiger partial charge in [-0.3, -0.25) is 0 Å². The average Bonchev–Trinajstić information content (AvgIpc) is 2.05. The Morgan fingerprint density at radius 1 is 1.40 bits per heavy atom. The molecule has 0 aliphatic carbocycles. The van der Waals surface area contributed by atoms with E-state index in [1.165, 1.54) is 6.08 Å². The minimum Gasteiger partial charge on any atom is -0.508 e. The van der Waals surface area contributed by atoms with Gasteiger partial charge >= 0.3 is 0 Å². The Kier molecular flexibility index (Phi) is 19.9. The van der Waals surface area contributed by atoms with Crippen LogP contribution in [0.3, 0.4) is 0 Å². The molecule has 0 aromatic rings. The van der Waals surface area contributed by atoms with Gasteiger partial charge in [-0.25, -0.2) is 4.21 Å². The van der Waals surface area contributed by atoms with E-state index in [9.17, 15) is 4.21 Å². The van der Waals surface area contributed by atoms with Crippen molar-refractivity contribution < 1.29 is 13.9 Å². The van der Waals surface area contributed by atoms with Gasteiger partial charge in [0.05, 0.1) is 5.75 Å². The van der Waals surface area contributed by atoms with Crippen LogP contribution in [-0.2, 0) is 11.1 Å². The molecule has 0 aliphatic rings. The van der Waals surface area contributed by atoms with Gasteiger partial charge in [0.25, 0.3) is 0 Å². The van der Waals surface area contributed by atoms with Crippen LogP contribution in [0, 0.1) is 0 Å². The van der Waals surface area contributed by atoms with Gasteiger partial charge in [0.15, 0.2) is 11.1 Å². The molecule has 88 valence electrons. The molecule has 0 rings (SSSR count). The summed E-state index contributed by atoms with van der Waals surface area (Å²) in [5.74, 6) is 0.231. The summed E-state index contributed by atoms with van der Waals surface area (Å²) in [5, 5.41) is 8.34. The molecule has 0 aliphatic heterocycles. The summed E-state index contributed by atoms with van der Waals surface area (Å²) < 4.78 is 17.6. The number of aliphatic hydroxyl groups is 1. The predicted molar refractivity (Wildman–Crippen MR) is 68.3 cm³/mol. The Hall–Kier alpha value is -1.13. The average molecular weight is 232 g/mol. The molecule has 0 saturated carbocycles. The molecule has 0 amide bonds. The van der Waals surface area contributed by atoms with E-state index in [4.69, 9.17) is 9.66 Å². The van der Waals surface area contributed by atoms with Gasteiger partial charge in [-0.05, 0) is 19.4 Å². The van der Waals surface area contributed by atoms with Gasteiger partial charge in [0, 0.05) is 0 Å². The van der Waals surface area contributed by atoms with E-state index in [1.807, 2.05) is 6.92 Å². The van der Waals surface area contributed by atoms with E-state index in [0.29, 0.717) is 5.57 Å². The minimum atomic E-state index is -1.68. The van der Waals surface area contributed by atoms with Crippen LogP contribution in [0.5, 0.6) is 0 Å². The summed E-state index contributed by atoms with van der Waals surface area (Å²) in [6, 6.07) is 0. The number of rotatable bonds is 3. The van der Waals surface area contributed by atoms with Crippen LogP contribution in [0.2, 0.25) is 0 Å². The molecule has 0 fully saturated rings. The van der Waals surface area contributed by atoms with Gasteiger partial charge in [-0.1, -0.05) is 25.3 Å². The van der Waals surface area contributed by atoms with Gasteiger partial charge in [0.2, 0.25) is 0 Å². The molecule has 15 heavy (non-hydrogen) atoms. The van der Waals surface area contributed by atoms with Gasteiger partial charge in [-0.15, -0.1) is 13.2 Å². The highest BCUT2D eigenvalue weighted by molar-refractivity contribution is 7.79. The summed E-state index contributed by atoms with van der Waals surface area (Å²) >= 11 is -1.68. The Labute approximate surface area is 94.8 Å². The van der Waals surface area contributed by atoms with Gasteiger partial charge in [0.1, 0.15) is 5.76 Å². The number of hydrogen-bond acceptors (Lipinski definition) is 2. The topological polar surface area (TPSA) is 57.5 Å². The first kappa shape index (κ1) is 19.4. The van der Waals surface area contributed by atoms with Crippen LogP contribution in [0.25, 0.3) is 0 Å². The number of hydrogen-bond donors (Lipinski definition) is 2. The van der Waals surface area contributed by atoms with Crippen molar-refractivity contribution in [3.8, 4) is 0 Å². The maximum absolute atomic E-state index is 9.64. The second-order valence-electron chi connectivity index (χ2n) is 2.41. The Balaban J connectivity index is -0.000000153. The normalized spacial score (nSPS) is 9.27. The molecule has 0 spiro atoms. The van der Waals surface area contributed by atoms with Crippen molar-refractivity contribution in [3.63, 3.8) is 0 Å². The second-order valence-corrected chi connectivity index (χ2v) is 3.39. The molecule has 0 aromatic carbocycles. The maximum atomic E-state index is 9.64. The molecule has 0 saturated heterocycles. The van der Waals surface area contributed by atoms with Crippen molar-refractivity contribution in [2.45, 2.75) is 13.8 Å². The fourth-order valence-electron chi connectivity index (χ4n) is 0.101. The minimum absolute atomic E-state index is 0.0648. The highest BCUT2D eigenvalue weighted by Gasteiger charge is 1.81. The molecule has 0 aromatic heterocycles. The zero-order valence-electron chi connectivity index (χ0n) is 9.40. The molecule has 1 atom stereocenters. The first-order valence-corrected chi connectivity index (χ1v) is 5.40. The zero-order valence-corrected chi connectivity index (χ0v) is 10.2. The lowest BCUT2D eigenvalue weighted by Gasteiger charge is -1.87. The standard InChI is InChI=1S/C5H8O.C3H6O2S.C3H6/c1-4(2)5(3)6;1-2-3-6(4)5;1-3-2/h6H,1,3H2,2H3;2H,1,3H2,(H,4,5);3H,1H2,2H3. The molecule has 1 unspecified atom stereocenters. The maximum Gasteiger partial charge on any atom is 0.156 e. The highest BCUT2D eigenvalue weighted by Crippen LogP contribution is 1.94. The van der Waals surface area contributed by atoms with Crippen LogP contribution in [0.1, 0.15) is 13.8 Å². The fraction of sp³-hybridized carbons (Fsp3) is 0.273. The zero-order chi connectivity index (χ0) is 12.9. The molecule has 0 radical (unpaired) electrons. The molecule has 0 heterocycles. The lowest BCUT2D eigenvalue weighted by Crippen LogP contribution is -1.87. The van der Waals surface area contributed by atoms with Gasteiger partial charge in [-0.2, -0.15) is 0 Å². The lowest BCUT2D eigenvalue weighted by atomic mass is 10.3. The first-order chi connectivity index (χ1) is 6.83. The smallest absolute Gasteiger partial charge is 0.156 e. The Bertz CT molecular complexity index is 220. The van der Waals surface area contributed by atoms with Crippen molar-refractivity contribution >= 4 is 11.1 Å². The highest BCUT2D eigenvalue weighted by atomic mass is 32.2. The Morgan fingerprint density at radius 3 is 1.67 bits per heavy atom. The van der Waals surface area contributed by atoms with Crippen LogP contribution in [-0.4, -0.2) is 19.6 Å². The molecule has 2 N–H and O–H groups in total. The SMILES string of the molecule is C=C(C)C(=C)O.C=CC.C=CCS(=O)O. The van der Waals surface area contributed by atoms with E-state index >= 15 is 0 Å². The van der Waals surface area contributed by atoms with Gasteiger partial charge < -0.3 is 9.66 Å². The van der Waals surface area contributed by atoms with Crippen molar-refractivity contribution in [1.29, 1.82) is 0 Å². The summed E-state index contributed by atoms with van der Waals surface area (Å²) in [6.45, 7) is 16.8. The largest absolute Gasteiger partial charge is 0.508 e. The third kappa shape index (κ3) is 44.1. The van der Waals surface area contributed by atoms with E-state index < -0.39 is 11.1 Å².